The van der Waals surface area contributed by atoms with Gasteiger partial charge < -0.3 is 30.7 Å². The van der Waals surface area contributed by atoms with Crippen LogP contribution in [0.3, 0.4) is 0 Å². The minimum Gasteiger partial charge on any atom is -0.376 e. The van der Waals surface area contributed by atoms with Crippen LogP contribution in [0.5, 0.6) is 0 Å². The van der Waals surface area contributed by atoms with E-state index >= 15 is 0 Å². The van der Waals surface area contributed by atoms with Gasteiger partial charge in [0.05, 0.1) is 12.2 Å². The number of carbonyl (C=O) groups excluding carboxylic acids is 2. The Morgan fingerprint density at radius 1 is 0.750 bits per heavy atom. The van der Waals surface area contributed by atoms with Crippen molar-refractivity contribution in [3.63, 3.8) is 0 Å². The first-order valence-corrected chi connectivity index (χ1v) is 9.00. The Bertz CT molecular complexity index is 346. The van der Waals surface area contributed by atoms with E-state index in [0.717, 1.165) is 51.7 Å². The molecule has 138 valence electrons. The highest BCUT2D eigenvalue weighted by molar-refractivity contribution is 5.74. The van der Waals surface area contributed by atoms with Gasteiger partial charge in [-0.1, -0.05) is 0 Å². The molecule has 2 atom stereocenters. The molecule has 2 rings (SSSR count). The summed E-state index contributed by atoms with van der Waals surface area (Å²) in [6, 6.07) is -0.319. The molecule has 2 aliphatic heterocycles. The van der Waals surface area contributed by atoms with Crippen molar-refractivity contribution in [3.05, 3.63) is 0 Å². The number of hydrogen-bond acceptors (Lipinski definition) is 4. The molecule has 2 fully saturated rings. The summed E-state index contributed by atoms with van der Waals surface area (Å²) in [7, 11) is 0. The number of carbonyl (C=O) groups is 2. The lowest BCUT2D eigenvalue weighted by Crippen LogP contribution is -2.41. The first-order valence-electron chi connectivity index (χ1n) is 9.00. The van der Waals surface area contributed by atoms with E-state index in [-0.39, 0.29) is 24.3 Å². The molecule has 0 aliphatic carbocycles. The van der Waals surface area contributed by atoms with Crippen LogP contribution in [0.4, 0.5) is 9.59 Å². The van der Waals surface area contributed by atoms with Crippen molar-refractivity contribution in [2.75, 3.05) is 39.4 Å². The fraction of sp³-hybridized carbons (Fsp3) is 0.875. The van der Waals surface area contributed by atoms with E-state index in [1.807, 2.05) is 0 Å². The summed E-state index contributed by atoms with van der Waals surface area (Å²) in [5.74, 6) is 0. The fourth-order valence-electron chi connectivity index (χ4n) is 2.80. The molecular formula is C16H30N4O4. The van der Waals surface area contributed by atoms with Crippen LogP contribution in [0, 0.1) is 0 Å². The summed E-state index contributed by atoms with van der Waals surface area (Å²) >= 11 is 0. The number of rotatable bonds is 9. The van der Waals surface area contributed by atoms with E-state index in [1.54, 1.807) is 0 Å². The Balaban J connectivity index is 1.36. The van der Waals surface area contributed by atoms with E-state index in [9.17, 15) is 9.59 Å². The Morgan fingerprint density at radius 2 is 1.21 bits per heavy atom. The summed E-state index contributed by atoms with van der Waals surface area (Å²) < 4.78 is 10.9. The summed E-state index contributed by atoms with van der Waals surface area (Å²) in [6.45, 7) is 3.91. The van der Waals surface area contributed by atoms with Crippen LogP contribution in [0.1, 0.15) is 38.5 Å². The number of amides is 4. The third kappa shape index (κ3) is 7.83. The second-order valence-electron chi connectivity index (χ2n) is 6.25. The zero-order valence-corrected chi connectivity index (χ0v) is 14.3. The maximum atomic E-state index is 11.6. The largest absolute Gasteiger partial charge is 0.376 e. The molecule has 0 unspecified atom stereocenters. The highest BCUT2D eigenvalue weighted by Gasteiger charge is 2.16. The molecule has 0 radical (unpaired) electrons. The highest BCUT2D eigenvalue weighted by atomic mass is 16.5. The Hall–Kier alpha value is -1.54. The van der Waals surface area contributed by atoms with Crippen molar-refractivity contribution in [2.24, 2.45) is 0 Å². The molecule has 8 nitrogen and oxygen atoms in total. The van der Waals surface area contributed by atoms with E-state index in [4.69, 9.17) is 9.47 Å². The zero-order valence-electron chi connectivity index (χ0n) is 14.3. The monoisotopic (exact) mass is 342 g/mol. The summed E-state index contributed by atoms with van der Waals surface area (Å²) in [4.78, 5) is 23.2. The van der Waals surface area contributed by atoms with Gasteiger partial charge in [0, 0.05) is 39.4 Å². The molecule has 4 amide bonds. The summed E-state index contributed by atoms with van der Waals surface area (Å²) in [5, 5.41) is 11.2. The second-order valence-corrected chi connectivity index (χ2v) is 6.25. The third-order valence-electron chi connectivity index (χ3n) is 4.20. The van der Waals surface area contributed by atoms with Crippen molar-refractivity contribution in [3.8, 4) is 0 Å². The molecule has 0 aromatic heterocycles. The molecule has 24 heavy (non-hydrogen) atoms. The third-order valence-corrected chi connectivity index (χ3v) is 4.20. The normalized spacial score (nSPS) is 23.0. The van der Waals surface area contributed by atoms with Gasteiger partial charge >= 0.3 is 12.1 Å². The highest BCUT2D eigenvalue weighted by Crippen LogP contribution is 2.10. The van der Waals surface area contributed by atoms with E-state index in [2.05, 4.69) is 21.3 Å². The van der Waals surface area contributed by atoms with Crippen LogP contribution >= 0.6 is 0 Å². The molecular weight excluding hydrogens is 312 g/mol. The Morgan fingerprint density at radius 3 is 1.58 bits per heavy atom. The van der Waals surface area contributed by atoms with Gasteiger partial charge in [0.15, 0.2) is 0 Å². The first kappa shape index (κ1) is 18.8. The van der Waals surface area contributed by atoms with Crippen molar-refractivity contribution in [1.29, 1.82) is 0 Å². The topological polar surface area (TPSA) is 101 Å². The van der Waals surface area contributed by atoms with Gasteiger partial charge in [0.1, 0.15) is 0 Å². The molecule has 2 saturated heterocycles. The number of hydrogen-bond donors (Lipinski definition) is 4. The van der Waals surface area contributed by atoms with Gasteiger partial charge in [0.25, 0.3) is 0 Å². The molecule has 8 heteroatoms. The van der Waals surface area contributed by atoms with Gasteiger partial charge in [-0.2, -0.15) is 0 Å². The molecule has 0 spiro atoms. The zero-order chi connectivity index (χ0) is 17.0. The van der Waals surface area contributed by atoms with E-state index < -0.39 is 0 Å². The lowest BCUT2D eigenvalue weighted by atomic mass is 10.2. The van der Waals surface area contributed by atoms with Crippen molar-refractivity contribution in [2.45, 2.75) is 50.7 Å². The molecule has 2 aliphatic rings. The average molecular weight is 342 g/mol. The van der Waals surface area contributed by atoms with Crippen LogP contribution in [0.25, 0.3) is 0 Å². The summed E-state index contributed by atoms with van der Waals surface area (Å²) in [6.07, 6.45) is 6.13. The van der Waals surface area contributed by atoms with Gasteiger partial charge in [0.2, 0.25) is 0 Å². The minimum absolute atomic E-state index is 0.159. The van der Waals surface area contributed by atoms with Crippen molar-refractivity contribution in [1.82, 2.24) is 21.3 Å². The molecule has 0 bridgehead atoms. The lowest BCUT2D eigenvalue weighted by molar-refractivity contribution is 0.111. The smallest absolute Gasteiger partial charge is 0.314 e. The van der Waals surface area contributed by atoms with Crippen LogP contribution in [0.2, 0.25) is 0 Å². The minimum atomic E-state index is -0.159. The molecule has 0 aromatic carbocycles. The van der Waals surface area contributed by atoms with Gasteiger partial charge in [-0.25, -0.2) is 9.59 Å². The van der Waals surface area contributed by atoms with Crippen LogP contribution in [-0.4, -0.2) is 63.7 Å². The second kappa shape index (κ2) is 11.1. The number of nitrogens with one attached hydrogen (secondary N) is 4. The molecule has 2 heterocycles. The Kier molecular flexibility index (Phi) is 8.69. The van der Waals surface area contributed by atoms with Crippen LogP contribution < -0.4 is 21.3 Å². The summed E-state index contributed by atoms with van der Waals surface area (Å²) in [5.41, 5.74) is 0. The number of ether oxygens (including phenoxy) is 2. The Labute approximate surface area is 143 Å². The van der Waals surface area contributed by atoms with Crippen LogP contribution in [0.15, 0.2) is 0 Å². The first-order chi connectivity index (χ1) is 11.7. The average Bonchev–Trinajstić information content (AvgIpc) is 3.27. The standard InChI is InChI=1S/C16H30N4O4/c21-15(19-11-13-5-3-9-23-13)17-7-1-2-8-18-16(22)20-12-14-6-4-10-24-14/h13-14H,1-12H2,(H2,17,19,21)(H2,18,20,22)/t13-,14-/m0/s1. The quantitative estimate of drug-likeness (QED) is 0.464. The van der Waals surface area contributed by atoms with E-state index in [0.29, 0.717) is 26.2 Å². The SMILES string of the molecule is O=C(NCCCCNC(=O)NC[C@@H]1CCCO1)NC[C@@H]1CCCO1. The molecule has 0 aromatic rings. The van der Waals surface area contributed by atoms with E-state index in [1.165, 1.54) is 0 Å². The molecule has 4 N–H and O–H groups in total. The van der Waals surface area contributed by atoms with Crippen molar-refractivity contribution < 1.29 is 19.1 Å². The lowest BCUT2D eigenvalue weighted by Gasteiger charge is -2.12. The maximum absolute atomic E-state index is 11.6. The predicted octanol–water partition coefficient (Wildman–Crippen LogP) is 0.723. The maximum Gasteiger partial charge on any atom is 0.314 e. The number of urea groups is 2. The van der Waals surface area contributed by atoms with Crippen molar-refractivity contribution >= 4 is 12.1 Å². The van der Waals surface area contributed by atoms with Gasteiger partial charge in [-0.15, -0.1) is 0 Å². The fourth-order valence-corrected chi connectivity index (χ4v) is 2.80. The van der Waals surface area contributed by atoms with Gasteiger partial charge in [-0.3, -0.25) is 0 Å². The predicted molar refractivity (Wildman–Crippen MR) is 90.0 cm³/mol. The number of unbranched alkanes of at least 4 members (excludes halogenated alkanes) is 1. The van der Waals surface area contributed by atoms with Gasteiger partial charge in [-0.05, 0) is 38.5 Å². The molecule has 0 saturated carbocycles. The van der Waals surface area contributed by atoms with Crippen LogP contribution in [-0.2, 0) is 9.47 Å².